The van der Waals surface area contributed by atoms with Crippen molar-refractivity contribution in [2.75, 3.05) is 12.9 Å². The average Bonchev–Trinajstić information content (AvgIpc) is 2.87. The molecule has 0 amide bonds. The highest BCUT2D eigenvalue weighted by atomic mass is 32.2. The summed E-state index contributed by atoms with van der Waals surface area (Å²) in [4.78, 5) is 11.8. The summed E-state index contributed by atoms with van der Waals surface area (Å²) in [6.45, 7) is 6.41. The van der Waals surface area contributed by atoms with Crippen molar-refractivity contribution in [2.45, 2.75) is 45.3 Å². The molecule has 0 saturated carbocycles. The molecule has 0 spiro atoms. The quantitative estimate of drug-likeness (QED) is 0.785. The van der Waals surface area contributed by atoms with Gasteiger partial charge in [0, 0.05) is 17.7 Å². The topological polar surface area (TPSA) is 97.5 Å². The van der Waals surface area contributed by atoms with Crippen molar-refractivity contribution >= 4 is 15.6 Å². The van der Waals surface area contributed by atoms with E-state index < -0.39 is 27.0 Å². The summed E-state index contributed by atoms with van der Waals surface area (Å²) in [6.07, 6.45) is 1.24. The van der Waals surface area contributed by atoms with Crippen molar-refractivity contribution in [1.29, 1.82) is 0 Å². The van der Waals surface area contributed by atoms with E-state index in [1.54, 1.807) is 6.07 Å². The Labute approximate surface area is 137 Å². The van der Waals surface area contributed by atoms with Gasteiger partial charge in [-0.3, -0.25) is 4.79 Å². The number of ketones is 1. The van der Waals surface area contributed by atoms with Gasteiger partial charge in [-0.25, -0.2) is 8.42 Å². The fourth-order valence-electron chi connectivity index (χ4n) is 1.80. The molecule has 0 aromatic carbocycles. The number of Topliss-reactive ketones (excluding diaryl/α,β-unsaturated/α-hetero) is 1. The molecule has 0 unspecified atom stereocenters. The van der Waals surface area contributed by atoms with Crippen molar-refractivity contribution in [2.24, 2.45) is 5.41 Å². The number of aliphatic hydroxyl groups is 1. The molecule has 0 bridgehead atoms. The summed E-state index contributed by atoms with van der Waals surface area (Å²) >= 11 is 0. The summed E-state index contributed by atoms with van der Waals surface area (Å²) < 4.78 is 27.2. The second kappa shape index (κ2) is 6.85. The molecule has 0 aliphatic heterocycles. The second-order valence-electron chi connectivity index (χ2n) is 6.77. The maximum Gasteiger partial charge on any atom is 0.209 e. The van der Waals surface area contributed by atoms with Gasteiger partial charge in [0.1, 0.15) is 11.4 Å². The van der Waals surface area contributed by atoms with Gasteiger partial charge in [0.25, 0.3) is 0 Å². The number of hydrogen-bond donors (Lipinski definition) is 1. The number of carbonyl (C=O) groups is 1. The van der Waals surface area contributed by atoms with E-state index in [1.807, 2.05) is 20.8 Å². The molecule has 128 valence electrons. The van der Waals surface area contributed by atoms with Crippen LogP contribution in [0.1, 0.15) is 45.6 Å². The standard InChI is InChI=1S/C16H23NO5S/c1-15(2,3)8-7-13-10-12(17-22-13)6-9-16(4,14(19)11-18)23(5,20)21/h10,18H,6,9,11H2,1-5H3/t16-/m1/s1. The summed E-state index contributed by atoms with van der Waals surface area (Å²) in [5.41, 5.74) is 0.346. The van der Waals surface area contributed by atoms with E-state index in [2.05, 4.69) is 17.0 Å². The Kier molecular flexibility index (Phi) is 5.78. The first-order chi connectivity index (χ1) is 10.4. The Hall–Kier alpha value is -1.65. The Balaban J connectivity index is 2.90. The zero-order valence-corrected chi connectivity index (χ0v) is 15.0. The van der Waals surface area contributed by atoms with Crippen LogP contribution in [0.2, 0.25) is 0 Å². The molecule has 0 saturated heterocycles. The van der Waals surface area contributed by atoms with Crippen LogP contribution in [-0.2, 0) is 21.1 Å². The smallest absolute Gasteiger partial charge is 0.209 e. The van der Waals surface area contributed by atoms with Gasteiger partial charge in [0.15, 0.2) is 15.6 Å². The molecule has 0 fully saturated rings. The molecule has 1 aromatic heterocycles. The van der Waals surface area contributed by atoms with E-state index in [9.17, 15) is 13.2 Å². The molecule has 0 radical (unpaired) electrons. The summed E-state index contributed by atoms with van der Waals surface area (Å²) in [5.74, 6) is 5.54. The lowest BCUT2D eigenvalue weighted by atomic mass is 9.97. The number of sulfone groups is 1. The van der Waals surface area contributed by atoms with E-state index in [4.69, 9.17) is 9.63 Å². The van der Waals surface area contributed by atoms with Crippen LogP contribution in [0.25, 0.3) is 0 Å². The second-order valence-corrected chi connectivity index (χ2v) is 9.21. The van der Waals surface area contributed by atoms with Crippen LogP contribution in [0.15, 0.2) is 10.6 Å². The summed E-state index contributed by atoms with van der Waals surface area (Å²) in [5, 5.41) is 12.9. The molecule has 1 atom stereocenters. The number of rotatable bonds is 6. The number of aryl methyl sites for hydroxylation is 1. The fraction of sp³-hybridized carbons (Fsp3) is 0.625. The van der Waals surface area contributed by atoms with Crippen molar-refractivity contribution in [3.8, 4) is 11.8 Å². The highest BCUT2D eigenvalue weighted by Gasteiger charge is 2.42. The minimum atomic E-state index is -3.66. The third-order valence-corrected chi connectivity index (χ3v) is 5.60. The average molecular weight is 341 g/mol. The molecule has 1 heterocycles. The molecule has 1 N–H and O–H groups in total. The van der Waals surface area contributed by atoms with Gasteiger partial charge in [-0.2, -0.15) is 0 Å². The van der Waals surface area contributed by atoms with Gasteiger partial charge in [-0.15, -0.1) is 0 Å². The van der Waals surface area contributed by atoms with Crippen molar-refractivity contribution in [3.63, 3.8) is 0 Å². The lowest BCUT2D eigenvalue weighted by Crippen LogP contribution is -2.45. The number of aliphatic hydroxyl groups excluding tert-OH is 1. The Morgan fingerprint density at radius 1 is 1.35 bits per heavy atom. The van der Waals surface area contributed by atoms with Crippen molar-refractivity contribution < 1.29 is 22.8 Å². The van der Waals surface area contributed by atoms with Crippen molar-refractivity contribution in [1.82, 2.24) is 5.16 Å². The molecule has 0 aliphatic rings. The Morgan fingerprint density at radius 3 is 2.43 bits per heavy atom. The number of aromatic nitrogens is 1. The van der Waals surface area contributed by atoms with E-state index in [1.165, 1.54) is 6.92 Å². The fourth-order valence-corrected chi connectivity index (χ4v) is 2.75. The van der Waals surface area contributed by atoms with E-state index in [0.717, 1.165) is 6.26 Å². The first kappa shape index (κ1) is 19.4. The van der Waals surface area contributed by atoms with Gasteiger partial charge < -0.3 is 9.63 Å². The van der Waals surface area contributed by atoms with E-state index >= 15 is 0 Å². The lowest BCUT2D eigenvalue weighted by Gasteiger charge is -2.24. The molecule has 0 aliphatic carbocycles. The van der Waals surface area contributed by atoms with Gasteiger partial charge >= 0.3 is 0 Å². The van der Waals surface area contributed by atoms with Crippen LogP contribution >= 0.6 is 0 Å². The van der Waals surface area contributed by atoms with Crippen LogP contribution in [0.4, 0.5) is 0 Å². The highest BCUT2D eigenvalue weighted by molar-refractivity contribution is 7.92. The minimum absolute atomic E-state index is 0.0178. The van der Waals surface area contributed by atoms with Crippen LogP contribution in [0.3, 0.4) is 0 Å². The molecule has 1 rings (SSSR count). The number of nitrogens with zero attached hydrogens (tertiary/aromatic N) is 1. The van der Waals surface area contributed by atoms with Crippen molar-refractivity contribution in [3.05, 3.63) is 17.5 Å². The maximum atomic E-state index is 11.9. The van der Waals surface area contributed by atoms with E-state index in [-0.39, 0.29) is 18.3 Å². The lowest BCUT2D eigenvalue weighted by molar-refractivity contribution is -0.124. The largest absolute Gasteiger partial charge is 0.389 e. The Morgan fingerprint density at radius 2 is 1.96 bits per heavy atom. The molecular formula is C16H23NO5S. The van der Waals surface area contributed by atoms with Crippen LogP contribution < -0.4 is 0 Å². The molecule has 1 aromatic rings. The third-order valence-electron chi connectivity index (χ3n) is 3.53. The van der Waals surface area contributed by atoms with Crippen LogP contribution in [0, 0.1) is 17.3 Å². The summed E-state index contributed by atoms with van der Waals surface area (Å²) in [6, 6.07) is 1.63. The van der Waals surface area contributed by atoms with Crippen LogP contribution in [0.5, 0.6) is 0 Å². The van der Waals surface area contributed by atoms with E-state index in [0.29, 0.717) is 11.5 Å². The first-order valence-electron chi connectivity index (χ1n) is 7.21. The summed E-state index contributed by atoms with van der Waals surface area (Å²) in [7, 11) is -3.66. The van der Waals surface area contributed by atoms with Gasteiger partial charge in [0.2, 0.25) is 5.76 Å². The van der Waals surface area contributed by atoms with Crippen LogP contribution in [-0.4, -0.2) is 42.1 Å². The molecule has 6 nitrogen and oxygen atoms in total. The molecular weight excluding hydrogens is 318 g/mol. The molecule has 7 heteroatoms. The monoisotopic (exact) mass is 341 g/mol. The predicted octanol–water partition coefficient (Wildman–Crippen LogP) is 1.37. The first-order valence-corrected chi connectivity index (χ1v) is 9.11. The van der Waals surface area contributed by atoms with Gasteiger partial charge in [-0.05, 0) is 46.5 Å². The molecule has 23 heavy (non-hydrogen) atoms. The number of hydrogen-bond acceptors (Lipinski definition) is 6. The minimum Gasteiger partial charge on any atom is -0.389 e. The Bertz CT molecular complexity index is 731. The zero-order valence-electron chi connectivity index (χ0n) is 14.1. The maximum absolute atomic E-state index is 11.9. The normalized spacial score (nSPS) is 14.7. The van der Waals surface area contributed by atoms with Gasteiger partial charge in [0.05, 0.1) is 5.69 Å². The number of carbonyl (C=O) groups excluding carboxylic acids is 1. The zero-order chi connectivity index (χ0) is 17.9. The highest BCUT2D eigenvalue weighted by Crippen LogP contribution is 2.24. The van der Waals surface area contributed by atoms with Gasteiger partial charge in [-0.1, -0.05) is 11.1 Å². The predicted molar refractivity (Wildman–Crippen MR) is 86.5 cm³/mol. The third kappa shape index (κ3) is 5.19. The SMILES string of the molecule is CC(C)(C)C#Cc1cc(CC[C@](C)(C(=O)CO)S(C)(=O)=O)no1.